The number of nitrogens with one attached hydrogen (secondary N) is 1. The second kappa shape index (κ2) is 10.2. The number of aromatic nitrogens is 1. The van der Waals surface area contributed by atoms with E-state index in [4.69, 9.17) is 0 Å². The number of aliphatic imine (C=N–C) groups is 1. The average molecular weight is 509 g/mol. The summed E-state index contributed by atoms with van der Waals surface area (Å²) in [5.74, 6) is 0.891. The zero-order valence-electron chi connectivity index (χ0n) is 13.5. The van der Waals surface area contributed by atoms with Crippen molar-refractivity contribution in [2.75, 3.05) is 20.6 Å². The van der Waals surface area contributed by atoms with E-state index in [9.17, 15) is 0 Å². The van der Waals surface area contributed by atoms with Gasteiger partial charge in [-0.25, -0.2) is 4.98 Å². The fourth-order valence-electron chi connectivity index (χ4n) is 2.17. The van der Waals surface area contributed by atoms with Gasteiger partial charge in [-0.2, -0.15) is 0 Å². The van der Waals surface area contributed by atoms with E-state index in [-0.39, 0.29) is 24.0 Å². The Morgan fingerprint density at radius 1 is 1.39 bits per heavy atom. The molecule has 0 fully saturated rings. The van der Waals surface area contributed by atoms with Crippen LogP contribution >= 0.6 is 51.2 Å². The van der Waals surface area contributed by atoms with Gasteiger partial charge in [-0.1, -0.05) is 34.1 Å². The van der Waals surface area contributed by atoms with Gasteiger partial charge >= 0.3 is 0 Å². The number of rotatable bonds is 5. The summed E-state index contributed by atoms with van der Waals surface area (Å²) in [4.78, 5) is 10.9. The molecule has 1 aromatic carbocycles. The van der Waals surface area contributed by atoms with Crippen molar-refractivity contribution in [1.29, 1.82) is 0 Å². The number of hydrogen-bond acceptors (Lipinski definition) is 3. The van der Waals surface area contributed by atoms with Crippen molar-refractivity contribution in [3.8, 4) is 0 Å². The molecule has 2 rings (SSSR count). The van der Waals surface area contributed by atoms with E-state index in [2.05, 4.69) is 59.7 Å². The Morgan fingerprint density at radius 2 is 2.13 bits per heavy atom. The number of thiazole rings is 1. The second-order valence-electron chi connectivity index (χ2n) is 5.03. The highest BCUT2D eigenvalue weighted by Crippen LogP contribution is 2.17. The van der Waals surface area contributed by atoms with Crippen molar-refractivity contribution in [3.05, 3.63) is 50.4 Å². The Morgan fingerprint density at radius 3 is 2.74 bits per heavy atom. The summed E-state index contributed by atoms with van der Waals surface area (Å²) in [6.07, 6.45) is 0.909. The standard InChI is InChI=1S/C16H21BrN4S.HI/c1-12-20-14(11-22-12)8-9-19-16(18-2)21(3)10-13-6-4-5-7-15(13)17;/h4-7,11H,8-10H2,1-3H3,(H,18,19);1H. The quantitative estimate of drug-likeness (QED) is 0.376. The first-order valence-corrected chi connectivity index (χ1v) is 8.83. The molecule has 7 heteroatoms. The van der Waals surface area contributed by atoms with E-state index in [1.54, 1.807) is 11.3 Å². The van der Waals surface area contributed by atoms with Crippen LogP contribution in [0.3, 0.4) is 0 Å². The molecular formula is C16H22BrIN4S. The fraction of sp³-hybridized carbons (Fsp3) is 0.375. The zero-order valence-corrected chi connectivity index (χ0v) is 18.3. The van der Waals surface area contributed by atoms with Gasteiger partial charge in [0.1, 0.15) is 0 Å². The lowest BCUT2D eigenvalue weighted by Gasteiger charge is -2.22. The van der Waals surface area contributed by atoms with Crippen LogP contribution in [0.4, 0.5) is 0 Å². The third-order valence-electron chi connectivity index (χ3n) is 3.27. The van der Waals surface area contributed by atoms with Gasteiger partial charge in [0.2, 0.25) is 0 Å². The Bertz CT molecular complexity index is 645. The molecule has 0 spiro atoms. The van der Waals surface area contributed by atoms with E-state index in [0.717, 1.165) is 40.6 Å². The third kappa shape index (κ3) is 6.39. The van der Waals surface area contributed by atoms with Crippen molar-refractivity contribution in [2.45, 2.75) is 19.9 Å². The molecule has 0 aliphatic carbocycles. The molecule has 0 bridgehead atoms. The number of guanidine groups is 1. The summed E-state index contributed by atoms with van der Waals surface area (Å²) < 4.78 is 1.12. The molecule has 0 unspecified atom stereocenters. The van der Waals surface area contributed by atoms with E-state index < -0.39 is 0 Å². The van der Waals surface area contributed by atoms with Gasteiger partial charge in [0.15, 0.2) is 5.96 Å². The van der Waals surface area contributed by atoms with Gasteiger partial charge in [0.25, 0.3) is 0 Å². The van der Waals surface area contributed by atoms with Gasteiger partial charge in [-0.3, -0.25) is 4.99 Å². The summed E-state index contributed by atoms with van der Waals surface area (Å²) in [6.45, 7) is 3.67. The Hall–Kier alpha value is -0.670. The summed E-state index contributed by atoms with van der Waals surface area (Å²) in [7, 11) is 3.85. The lowest BCUT2D eigenvalue weighted by molar-refractivity contribution is 0.476. The molecule has 126 valence electrons. The molecule has 0 aliphatic heterocycles. The van der Waals surface area contributed by atoms with Crippen LogP contribution in [0.25, 0.3) is 0 Å². The number of benzene rings is 1. The normalized spacial score (nSPS) is 11.0. The zero-order chi connectivity index (χ0) is 15.9. The van der Waals surface area contributed by atoms with Crippen molar-refractivity contribution in [3.63, 3.8) is 0 Å². The van der Waals surface area contributed by atoms with Crippen molar-refractivity contribution < 1.29 is 0 Å². The minimum Gasteiger partial charge on any atom is -0.356 e. The van der Waals surface area contributed by atoms with Crippen LogP contribution < -0.4 is 5.32 Å². The van der Waals surface area contributed by atoms with E-state index in [1.807, 2.05) is 27.1 Å². The van der Waals surface area contributed by atoms with E-state index in [0.29, 0.717) is 0 Å². The van der Waals surface area contributed by atoms with Crippen LogP contribution in [0.5, 0.6) is 0 Å². The summed E-state index contributed by atoms with van der Waals surface area (Å²) in [5.41, 5.74) is 2.38. The number of hydrogen-bond donors (Lipinski definition) is 1. The van der Waals surface area contributed by atoms with Crippen molar-refractivity contribution in [1.82, 2.24) is 15.2 Å². The van der Waals surface area contributed by atoms with Gasteiger partial charge in [-0.05, 0) is 18.6 Å². The molecular weight excluding hydrogens is 487 g/mol. The molecule has 0 saturated carbocycles. The number of halogens is 2. The van der Waals surface area contributed by atoms with Crippen LogP contribution in [-0.4, -0.2) is 36.5 Å². The number of aryl methyl sites for hydroxylation is 1. The van der Waals surface area contributed by atoms with Crippen molar-refractivity contribution in [2.24, 2.45) is 4.99 Å². The Labute approximate surface area is 167 Å². The molecule has 2 aromatic rings. The van der Waals surface area contributed by atoms with Gasteiger partial charge in [0, 0.05) is 43.5 Å². The second-order valence-corrected chi connectivity index (χ2v) is 6.95. The molecule has 0 amide bonds. The Balaban J connectivity index is 0.00000264. The Kier molecular flexibility index (Phi) is 9.08. The minimum atomic E-state index is 0. The van der Waals surface area contributed by atoms with Gasteiger partial charge in [-0.15, -0.1) is 35.3 Å². The minimum absolute atomic E-state index is 0. The first kappa shape index (κ1) is 20.4. The predicted molar refractivity (Wildman–Crippen MR) is 113 cm³/mol. The molecule has 1 aromatic heterocycles. The highest BCUT2D eigenvalue weighted by Gasteiger charge is 2.08. The largest absolute Gasteiger partial charge is 0.356 e. The maximum atomic E-state index is 4.48. The maximum absolute atomic E-state index is 4.48. The maximum Gasteiger partial charge on any atom is 0.193 e. The molecule has 23 heavy (non-hydrogen) atoms. The highest BCUT2D eigenvalue weighted by molar-refractivity contribution is 14.0. The smallest absolute Gasteiger partial charge is 0.193 e. The fourth-order valence-corrected chi connectivity index (χ4v) is 3.22. The van der Waals surface area contributed by atoms with Gasteiger partial charge < -0.3 is 10.2 Å². The average Bonchev–Trinajstić information content (AvgIpc) is 2.91. The van der Waals surface area contributed by atoms with E-state index in [1.165, 1.54) is 5.56 Å². The molecule has 1 N–H and O–H groups in total. The van der Waals surface area contributed by atoms with Crippen LogP contribution in [0.2, 0.25) is 0 Å². The number of nitrogens with zero attached hydrogens (tertiary/aromatic N) is 3. The third-order valence-corrected chi connectivity index (χ3v) is 4.87. The topological polar surface area (TPSA) is 40.5 Å². The van der Waals surface area contributed by atoms with Crippen LogP contribution in [-0.2, 0) is 13.0 Å². The monoisotopic (exact) mass is 508 g/mol. The summed E-state index contributed by atoms with van der Waals surface area (Å²) in [5, 5.41) is 6.62. The van der Waals surface area contributed by atoms with Gasteiger partial charge in [0.05, 0.1) is 10.7 Å². The van der Waals surface area contributed by atoms with E-state index >= 15 is 0 Å². The van der Waals surface area contributed by atoms with Crippen molar-refractivity contribution >= 4 is 57.2 Å². The molecule has 4 nitrogen and oxygen atoms in total. The first-order chi connectivity index (χ1) is 10.6. The van der Waals surface area contributed by atoms with Crippen LogP contribution in [0, 0.1) is 6.92 Å². The summed E-state index contributed by atoms with van der Waals surface area (Å²) in [6, 6.07) is 8.25. The molecule has 0 saturated heterocycles. The highest BCUT2D eigenvalue weighted by atomic mass is 127. The molecule has 1 heterocycles. The van der Waals surface area contributed by atoms with Crippen LogP contribution in [0.15, 0.2) is 39.1 Å². The lowest BCUT2D eigenvalue weighted by atomic mass is 10.2. The molecule has 0 radical (unpaired) electrons. The predicted octanol–water partition coefficient (Wildman–Crippen LogP) is 4.08. The lowest BCUT2D eigenvalue weighted by Crippen LogP contribution is -2.39. The molecule has 0 atom stereocenters. The van der Waals surface area contributed by atoms with Crippen LogP contribution in [0.1, 0.15) is 16.3 Å². The first-order valence-electron chi connectivity index (χ1n) is 7.16. The summed E-state index contributed by atoms with van der Waals surface area (Å²) >= 11 is 5.28. The SMILES string of the molecule is CN=C(NCCc1csc(C)n1)N(C)Cc1ccccc1Br.I. The molecule has 0 aliphatic rings.